The summed E-state index contributed by atoms with van der Waals surface area (Å²) in [5.74, 6) is -0.165. The third-order valence-corrected chi connectivity index (χ3v) is 7.77. The maximum absolute atomic E-state index is 13.1. The predicted octanol–water partition coefficient (Wildman–Crippen LogP) is 4.55. The van der Waals surface area contributed by atoms with Crippen LogP contribution in [0, 0.1) is 5.92 Å². The standard InChI is InChI=1S/C27H37N3O4S/c1-5-6-16-28-25(31)20-14-17-30(18-15-20)26(32)21-8-7-9-23(19-21)29-35(33,34)24-12-10-22(11-13-24)27(2,3)4/h7-13,19-20,29H,5-6,14-18H2,1-4H3,(H,28,31). The van der Waals surface area contributed by atoms with Crippen LogP contribution in [0.1, 0.15) is 69.3 Å². The third-order valence-electron chi connectivity index (χ3n) is 6.37. The Morgan fingerprint density at radius 1 is 1.03 bits per heavy atom. The fourth-order valence-corrected chi connectivity index (χ4v) is 5.17. The van der Waals surface area contributed by atoms with Crippen molar-refractivity contribution in [2.75, 3.05) is 24.4 Å². The molecule has 7 nitrogen and oxygen atoms in total. The number of anilines is 1. The van der Waals surface area contributed by atoms with Crippen molar-refractivity contribution in [2.24, 2.45) is 5.92 Å². The van der Waals surface area contributed by atoms with Gasteiger partial charge in [0.15, 0.2) is 0 Å². The second-order valence-electron chi connectivity index (χ2n) is 10.2. The highest BCUT2D eigenvalue weighted by Gasteiger charge is 2.28. The minimum atomic E-state index is -3.79. The van der Waals surface area contributed by atoms with Crippen molar-refractivity contribution < 1.29 is 18.0 Å². The Labute approximate surface area is 209 Å². The normalized spacial score (nSPS) is 15.0. The van der Waals surface area contributed by atoms with E-state index in [0.717, 1.165) is 18.4 Å². The first-order valence-electron chi connectivity index (χ1n) is 12.3. The van der Waals surface area contributed by atoms with Gasteiger partial charge in [-0.05, 0) is 60.6 Å². The number of carbonyl (C=O) groups excluding carboxylic acids is 2. The maximum Gasteiger partial charge on any atom is 0.261 e. The molecule has 0 saturated carbocycles. The summed E-state index contributed by atoms with van der Waals surface area (Å²) in [6, 6.07) is 13.4. The summed E-state index contributed by atoms with van der Waals surface area (Å²) in [4.78, 5) is 27.3. The van der Waals surface area contributed by atoms with Crippen molar-refractivity contribution in [1.82, 2.24) is 10.2 Å². The van der Waals surface area contributed by atoms with Gasteiger partial charge in [-0.1, -0.05) is 52.3 Å². The van der Waals surface area contributed by atoms with Gasteiger partial charge >= 0.3 is 0 Å². The highest BCUT2D eigenvalue weighted by molar-refractivity contribution is 7.92. The quantitative estimate of drug-likeness (QED) is 0.521. The molecule has 1 heterocycles. The molecular weight excluding hydrogens is 462 g/mol. The van der Waals surface area contributed by atoms with Gasteiger partial charge in [0.1, 0.15) is 0 Å². The molecule has 0 unspecified atom stereocenters. The van der Waals surface area contributed by atoms with E-state index < -0.39 is 10.0 Å². The van der Waals surface area contributed by atoms with Crippen LogP contribution < -0.4 is 10.0 Å². The molecule has 0 bridgehead atoms. The summed E-state index contributed by atoms with van der Waals surface area (Å²) in [5, 5.41) is 2.97. The topological polar surface area (TPSA) is 95.6 Å². The molecule has 3 rings (SSSR count). The van der Waals surface area contributed by atoms with E-state index >= 15 is 0 Å². The Kier molecular flexibility index (Phi) is 8.59. The summed E-state index contributed by atoms with van der Waals surface area (Å²) < 4.78 is 28.4. The molecule has 0 aromatic heterocycles. The molecule has 190 valence electrons. The molecule has 2 N–H and O–H groups in total. The average molecular weight is 500 g/mol. The highest BCUT2D eigenvalue weighted by Crippen LogP contribution is 2.25. The second kappa shape index (κ2) is 11.2. The fraction of sp³-hybridized carbons (Fsp3) is 0.481. The molecule has 0 spiro atoms. The maximum atomic E-state index is 13.1. The molecule has 1 aliphatic rings. The number of hydrogen-bond donors (Lipinski definition) is 2. The van der Waals surface area contributed by atoms with Crippen LogP contribution in [-0.4, -0.2) is 44.8 Å². The molecule has 2 aromatic rings. The zero-order valence-electron chi connectivity index (χ0n) is 21.1. The summed E-state index contributed by atoms with van der Waals surface area (Å²) in [6.07, 6.45) is 3.25. The van der Waals surface area contributed by atoms with E-state index in [1.807, 2.05) is 12.1 Å². The zero-order valence-corrected chi connectivity index (χ0v) is 22.0. The van der Waals surface area contributed by atoms with Gasteiger partial charge in [0, 0.05) is 36.8 Å². The summed E-state index contributed by atoms with van der Waals surface area (Å²) in [7, 11) is -3.79. The van der Waals surface area contributed by atoms with Crippen molar-refractivity contribution in [3.63, 3.8) is 0 Å². The van der Waals surface area contributed by atoms with Gasteiger partial charge < -0.3 is 10.2 Å². The van der Waals surface area contributed by atoms with Crippen molar-refractivity contribution in [3.05, 3.63) is 59.7 Å². The molecule has 0 radical (unpaired) electrons. The van der Waals surface area contributed by atoms with E-state index in [0.29, 0.717) is 43.7 Å². The Morgan fingerprint density at radius 3 is 2.29 bits per heavy atom. The molecule has 1 aliphatic heterocycles. The lowest BCUT2D eigenvalue weighted by Gasteiger charge is -2.31. The van der Waals surface area contributed by atoms with Gasteiger partial charge in [-0.15, -0.1) is 0 Å². The smallest absolute Gasteiger partial charge is 0.261 e. The van der Waals surface area contributed by atoms with Gasteiger partial charge in [-0.3, -0.25) is 14.3 Å². The number of unbranched alkanes of at least 4 members (excludes halogenated alkanes) is 1. The molecule has 1 fully saturated rings. The van der Waals surface area contributed by atoms with Crippen LogP contribution >= 0.6 is 0 Å². The van der Waals surface area contributed by atoms with E-state index in [1.54, 1.807) is 41.3 Å². The zero-order chi connectivity index (χ0) is 25.6. The van der Waals surface area contributed by atoms with E-state index in [2.05, 4.69) is 37.7 Å². The van der Waals surface area contributed by atoms with Gasteiger partial charge in [-0.25, -0.2) is 8.42 Å². The molecule has 2 aromatic carbocycles. The van der Waals surface area contributed by atoms with Crippen molar-refractivity contribution in [2.45, 2.75) is 63.7 Å². The molecule has 2 amide bonds. The summed E-state index contributed by atoms with van der Waals surface area (Å²) >= 11 is 0. The van der Waals surface area contributed by atoms with E-state index in [1.165, 1.54) is 0 Å². The fourth-order valence-electron chi connectivity index (χ4n) is 4.12. The molecule has 8 heteroatoms. The lowest BCUT2D eigenvalue weighted by Crippen LogP contribution is -2.43. The first-order valence-corrected chi connectivity index (χ1v) is 13.8. The number of nitrogens with zero attached hydrogens (tertiary/aromatic N) is 1. The predicted molar refractivity (Wildman–Crippen MR) is 139 cm³/mol. The summed E-state index contributed by atoms with van der Waals surface area (Å²) in [5.41, 5.74) is 1.73. The van der Waals surface area contributed by atoms with Gasteiger partial charge in [-0.2, -0.15) is 0 Å². The van der Waals surface area contributed by atoms with Crippen LogP contribution in [0.5, 0.6) is 0 Å². The monoisotopic (exact) mass is 499 g/mol. The largest absolute Gasteiger partial charge is 0.356 e. The first-order chi connectivity index (χ1) is 16.5. The van der Waals surface area contributed by atoms with Gasteiger partial charge in [0.05, 0.1) is 4.90 Å². The summed E-state index contributed by atoms with van der Waals surface area (Å²) in [6.45, 7) is 9.99. The van der Waals surface area contributed by atoms with Gasteiger partial charge in [0.25, 0.3) is 15.9 Å². The Balaban J connectivity index is 1.63. The molecular formula is C27H37N3O4S. The second-order valence-corrected chi connectivity index (χ2v) is 11.9. The van der Waals surface area contributed by atoms with Crippen LogP contribution in [0.3, 0.4) is 0 Å². The Bertz CT molecular complexity index is 1130. The number of nitrogens with one attached hydrogen (secondary N) is 2. The number of benzene rings is 2. The number of amides is 2. The molecule has 0 aliphatic carbocycles. The minimum absolute atomic E-state index is 0.0671. The van der Waals surface area contributed by atoms with Crippen LogP contribution in [0.4, 0.5) is 5.69 Å². The van der Waals surface area contributed by atoms with E-state index in [4.69, 9.17) is 0 Å². The minimum Gasteiger partial charge on any atom is -0.356 e. The number of carbonyl (C=O) groups is 2. The SMILES string of the molecule is CCCCNC(=O)C1CCN(C(=O)c2cccc(NS(=O)(=O)c3ccc(C(C)(C)C)cc3)c2)CC1. The number of sulfonamides is 1. The average Bonchev–Trinajstić information content (AvgIpc) is 2.83. The van der Waals surface area contributed by atoms with Crippen molar-refractivity contribution in [1.29, 1.82) is 0 Å². The molecule has 0 atom stereocenters. The van der Waals surface area contributed by atoms with Crippen LogP contribution in [0.15, 0.2) is 53.4 Å². The molecule has 35 heavy (non-hydrogen) atoms. The van der Waals surface area contributed by atoms with Gasteiger partial charge in [0.2, 0.25) is 5.91 Å². The van der Waals surface area contributed by atoms with Crippen molar-refractivity contribution in [3.8, 4) is 0 Å². The molecule has 1 saturated heterocycles. The number of hydrogen-bond acceptors (Lipinski definition) is 4. The van der Waals surface area contributed by atoms with E-state index in [-0.39, 0.29) is 28.0 Å². The van der Waals surface area contributed by atoms with Crippen LogP contribution in [0.2, 0.25) is 0 Å². The first kappa shape index (κ1) is 26.7. The Morgan fingerprint density at radius 2 is 1.69 bits per heavy atom. The number of likely N-dealkylation sites (tertiary alicyclic amines) is 1. The lowest BCUT2D eigenvalue weighted by atomic mass is 9.87. The van der Waals surface area contributed by atoms with Crippen LogP contribution in [-0.2, 0) is 20.2 Å². The Hall–Kier alpha value is -2.87. The number of rotatable bonds is 8. The van der Waals surface area contributed by atoms with Crippen molar-refractivity contribution >= 4 is 27.5 Å². The lowest BCUT2D eigenvalue weighted by molar-refractivity contribution is -0.126. The van der Waals surface area contributed by atoms with Crippen LogP contribution in [0.25, 0.3) is 0 Å². The number of piperidine rings is 1. The highest BCUT2D eigenvalue weighted by atomic mass is 32.2. The third kappa shape index (κ3) is 7.07. The van der Waals surface area contributed by atoms with E-state index in [9.17, 15) is 18.0 Å².